The largest absolute Gasteiger partial charge is 0.350 e. The van der Waals surface area contributed by atoms with Crippen LogP contribution in [0.15, 0.2) is 12.1 Å². The Bertz CT molecular complexity index is 505. The Morgan fingerprint density at radius 3 is 2.68 bits per heavy atom. The van der Waals surface area contributed by atoms with Crippen LogP contribution in [0.1, 0.15) is 22.8 Å². The van der Waals surface area contributed by atoms with Gasteiger partial charge in [-0.3, -0.25) is 14.9 Å². The number of nitro benzene ring substituents is 1. The van der Waals surface area contributed by atoms with Crippen molar-refractivity contribution in [3.63, 3.8) is 0 Å². The van der Waals surface area contributed by atoms with Gasteiger partial charge in [-0.05, 0) is 33.0 Å². The van der Waals surface area contributed by atoms with Crippen molar-refractivity contribution < 1.29 is 14.1 Å². The lowest BCUT2D eigenvalue weighted by Crippen LogP contribution is -2.37. The van der Waals surface area contributed by atoms with Gasteiger partial charge in [-0.1, -0.05) is 0 Å². The Hall–Kier alpha value is -2.02. The monoisotopic (exact) mass is 269 g/mol. The normalized spacial score (nSPS) is 12.0. The molecule has 0 aromatic heterocycles. The molecule has 1 atom stereocenters. The lowest BCUT2D eigenvalue weighted by Gasteiger charge is -2.12. The predicted octanol–water partition coefficient (Wildman–Crippen LogP) is 1.38. The maximum atomic E-state index is 13.3. The second-order valence-electron chi connectivity index (χ2n) is 4.28. The van der Waals surface area contributed by atoms with Gasteiger partial charge >= 0.3 is 0 Å². The molecule has 7 heteroatoms. The Kier molecular flexibility index (Phi) is 4.94. The number of hydrogen-bond acceptors (Lipinski definition) is 4. The van der Waals surface area contributed by atoms with E-state index in [0.717, 1.165) is 12.1 Å². The number of amides is 1. The lowest BCUT2D eigenvalue weighted by molar-refractivity contribution is -0.385. The Morgan fingerprint density at radius 1 is 1.53 bits per heavy atom. The van der Waals surface area contributed by atoms with Crippen LogP contribution in [0.5, 0.6) is 0 Å². The molecule has 1 aromatic rings. The van der Waals surface area contributed by atoms with E-state index >= 15 is 0 Å². The number of nitrogens with zero attached hydrogens (tertiary/aromatic N) is 1. The molecule has 0 aliphatic carbocycles. The highest BCUT2D eigenvalue weighted by Gasteiger charge is 2.24. The molecule has 0 saturated carbocycles. The third kappa shape index (κ3) is 3.72. The predicted molar refractivity (Wildman–Crippen MR) is 68.6 cm³/mol. The number of carbonyl (C=O) groups is 1. The molecule has 1 unspecified atom stereocenters. The number of benzene rings is 1. The zero-order valence-corrected chi connectivity index (χ0v) is 11.0. The van der Waals surface area contributed by atoms with Crippen LogP contribution in [0.25, 0.3) is 0 Å². The summed E-state index contributed by atoms with van der Waals surface area (Å²) in [6.07, 6.45) is 0. The van der Waals surface area contributed by atoms with E-state index in [0.29, 0.717) is 6.54 Å². The molecule has 104 valence electrons. The highest BCUT2D eigenvalue weighted by molar-refractivity contribution is 5.98. The summed E-state index contributed by atoms with van der Waals surface area (Å²) >= 11 is 0. The van der Waals surface area contributed by atoms with Crippen LogP contribution >= 0.6 is 0 Å². The van der Waals surface area contributed by atoms with Crippen molar-refractivity contribution >= 4 is 11.6 Å². The maximum Gasteiger partial charge on any atom is 0.285 e. The summed E-state index contributed by atoms with van der Waals surface area (Å²) in [7, 11) is 1.73. The van der Waals surface area contributed by atoms with Crippen LogP contribution < -0.4 is 10.6 Å². The Labute approximate surface area is 110 Å². The van der Waals surface area contributed by atoms with Gasteiger partial charge in [-0.2, -0.15) is 0 Å². The number of rotatable bonds is 5. The van der Waals surface area contributed by atoms with Crippen LogP contribution in [0.4, 0.5) is 10.1 Å². The fraction of sp³-hybridized carbons (Fsp3) is 0.417. The molecule has 0 fully saturated rings. The van der Waals surface area contributed by atoms with Crippen LogP contribution in [0.2, 0.25) is 0 Å². The zero-order valence-electron chi connectivity index (χ0n) is 11.0. The standard InChI is InChI=1S/C12H16FN3O3/c1-7-4-9(13)5-10(11(7)16(18)19)12(17)15-6-8(2)14-3/h4-5,8,14H,6H2,1-3H3,(H,15,17). The molecule has 0 bridgehead atoms. The maximum absolute atomic E-state index is 13.3. The van der Waals surface area contributed by atoms with Gasteiger partial charge in [0.1, 0.15) is 11.4 Å². The summed E-state index contributed by atoms with van der Waals surface area (Å²) in [4.78, 5) is 22.2. The number of carbonyl (C=O) groups excluding carboxylic acids is 1. The number of hydrogen-bond donors (Lipinski definition) is 2. The molecule has 0 aliphatic heterocycles. The van der Waals surface area contributed by atoms with Crippen molar-refractivity contribution in [2.75, 3.05) is 13.6 Å². The van der Waals surface area contributed by atoms with Gasteiger partial charge < -0.3 is 10.6 Å². The smallest absolute Gasteiger partial charge is 0.285 e. The SMILES string of the molecule is CNC(C)CNC(=O)c1cc(F)cc(C)c1[N+](=O)[O-]. The minimum Gasteiger partial charge on any atom is -0.350 e. The summed E-state index contributed by atoms with van der Waals surface area (Å²) in [6.45, 7) is 3.53. The quantitative estimate of drug-likeness (QED) is 0.624. The summed E-state index contributed by atoms with van der Waals surface area (Å²) < 4.78 is 13.3. The number of likely N-dealkylation sites (N-methyl/N-ethyl adjacent to an activating group) is 1. The van der Waals surface area contributed by atoms with Gasteiger partial charge in [0.05, 0.1) is 4.92 Å². The molecule has 0 heterocycles. The van der Waals surface area contributed by atoms with Gasteiger partial charge in [0.15, 0.2) is 0 Å². The average molecular weight is 269 g/mol. The van der Waals surface area contributed by atoms with E-state index in [-0.39, 0.29) is 22.9 Å². The van der Waals surface area contributed by atoms with Gasteiger partial charge in [-0.25, -0.2) is 4.39 Å². The van der Waals surface area contributed by atoms with Crippen LogP contribution in [0.3, 0.4) is 0 Å². The molecule has 1 amide bonds. The van der Waals surface area contributed by atoms with Gasteiger partial charge in [0.25, 0.3) is 11.6 Å². The minimum atomic E-state index is -0.675. The summed E-state index contributed by atoms with van der Waals surface area (Å²) in [5.41, 5.74) is -0.501. The van der Waals surface area contributed by atoms with E-state index in [9.17, 15) is 19.3 Å². The summed E-state index contributed by atoms with van der Waals surface area (Å²) in [5, 5.41) is 16.4. The second-order valence-corrected chi connectivity index (χ2v) is 4.28. The van der Waals surface area contributed by atoms with E-state index in [2.05, 4.69) is 10.6 Å². The van der Waals surface area contributed by atoms with Crippen molar-refractivity contribution in [1.29, 1.82) is 0 Å². The highest BCUT2D eigenvalue weighted by Crippen LogP contribution is 2.24. The Balaban J connectivity index is 3.05. The third-order valence-corrected chi connectivity index (χ3v) is 2.75. The van der Waals surface area contributed by atoms with E-state index in [4.69, 9.17) is 0 Å². The molecule has 19 heavy (non-hydrogen) atoms. The molecule has 0 saturated heterocycles. The van der Waals surface area contributed by atoms with E-state index in [1.165, 1.54) is 6.92 Å². The van der Waals surface area contributed by atoms with Gasteiger partial charge in [0, 0.05) is 18.2 Å². The summed E-state index contributed by atoms with van der Waals surface area (Å²) in [5.74, 6) is -1.33. The van der Waals surface area contributed by atoms with E-state index in [1.54, 1.807) is 7.05 Å². The van der Waals surface area contributed by atoms with Crippen LogP contribution in [0, 0.1) is 22.9 Å². The molecule has 0 spiro atoms. The van der Waals surface area contributed by atoms with Gasteiger partial charge in [-0.15, -0.1) is 0 Å². The second kappa shape index (κ2) is 6.24. The van der Waals surface area contributed by atoms with E-state index < -0.39 is 16.6 Å². The van der Waals surface area contributed by atoms with Crippen molar-refractivity contribution in [1.82, 2.24) is 10.6 Å². The molecule has 1 rings (SSSR count). The summed E-state index contributed by atoms with van der Waals surface area (Å²) in [6, 6.07) is 1.92. The topological polar surface area (TPSA) is 84.3 Å². The average Bonchev–Trinajstić information content (AvgIpc) is 2.33. The molecule has 1 aromatic carbocycles. The number of nitro groups is 1. The van der Waals surface area contributed by atoms with Crippen molar-refractivity contribution in [2.45, 2.75) is 19.9 Å². The first kappa shape index (κ1) is 15.0. The minimum absolute atomic E-state index is 0.0117. The fourth-order valence-electron chi connectivity index (χ4n) is 1.59. The first-order valence-electron chi connectivity index (χ1n) is 5.76. The molecule has 6 nitrogen and oxygen atoms in total. The van der Waals surface area contributed by atoms with Crippen LogP contribution in [-0.4, -0.2) is 30.5 Å². The molecule has 0 radical (unpaired) electrons. The molecule has 0 aliphatic rings. The molecular weight excluding hydrogens is 253 g/mol. The lowest BCUT2D eigenvalue weighted by atomic mass is 10.1. The number of aryl methyl sites for hydroxylation is 1. The first-order valence-corrected chi connectivity index (χ1v) is 5.76. The number of halogens is 1. The van der Waals surface area contributed by atoms with Crippen molar-refractivity contribution in [3.8, 4) is 0 Å². The van der Waals surface area contributed by atoms with E-state index in [1.807, 2.05) is 6.92 Å². The third-order valence-electron chi connectivity index (χ3n) is 2.75. The molecule has 2 N–H and O–H groups in total. The first-order chi connectivity index (χ1) is 8.86. The fourth-order valence-corrected chi connectivity index (χ4v) is 1.59. The number of nitrogens with one attached hydrogen (secondary N) is 2. The van der Waals surface area contributed by atoms with Crippen molar-refractivity contribution in [2.24, 2.45) is 0 Å². The van der Waals surface area contributed by atoms with Gasteiger partial charge in [0.2, 0.25) is 0 Å². The van der Waals surface area contributed by atoms with Crippen molar-refractivity contribution in [3.05, 3.63) is 39.2 Å². The van der Waals surface area contributed by atoms with Crippen LogP contribution in [-0.2, 0) is 0 Å². The molecular formula is C12H16FN3O3. The Morgan fingerprint density at radius 2 is 2.16 bits per heavy atom. The highest BCUT2D eigenvalue weighted by atomic mass is 19.1. The zero-order chi connectivity index (χ0) is 14.6.